The Morgan fingerprint density at radius 1 is 0.970 bits per heavy atom. The number of hydrogen-bond acceptors (Lipinski definition) is 7. The molecule has 0 radical (unpaired) electrons. The van der Waals surface area contributed by atoms with Gasteiger partial charge in [0.2, 0.25) is 5.88 Å². The summed E-state index contributed by atoms with van der Waals surface area (Å²) in [6, 6.07) is 7.60. The number of anilines is 1. The Balaban J connectivity index is 1.20. The van der Waals surface area contributed by atoms with Crippen LogP contribution in [0, 0.1) is 13.8 Å². The zero-order valence-corrected chi connectivity index (χ0v) is 19.1. The minimum atomic E-state index is 0.000541. The Morgan fingerprint density at radius 2 is 1.73 bits per heavy atom. The molecule has 0 N–H and O–H groups in total. The summed E-state index contributed by atoms with van der Waals surface area (Å²) in [4.78, 5) is 30.2. The zero-order chi connectivity index (χ0) is 22.8. The summed E-state index contributed by atoms with van der Waals surface area (Å²) < 4.78 is 7.73. The topological polar surface area (TPSA) is 89.3 Å². The van der Waals surface area contributed by atoms with Crippen molar-refractivity contribution in [3.8, 4) is 11.7 Å². The lowest BCUT2D eigenvalue weighted by atomic mass is 10.2. The van der Waals surface area contributed by atoms with Crippen molar-refractivity contribution >= 4 is 11.7 Å². The van der Waals surface area contributed by atoms with Crippen molar-refractivity contribution in [2.75, 3.05) is 31.1 Å². The van der Waals surface area contributed by atoms with E-state index in [1.807, 2.05) is 47.7 Å². The molecule has 1 amide bonds. The zero-order valence-electron chi connectivity index (χ0n) is 19.1. The Morgan fingerprint density at radius 3 is 2.39 bits per heavy atom. The number of amides is 1. The molecule has 1 aliphatic heterocycles. The van der Waals surface area contributed by atoms with Crippen LogP contribution in [0.1, 0.15) is 47.4 Å². The van der Waals surface area contributed by atoms with Crippen molar-refractivity contribution in [2.24, 2.45) is 0 Å². The average Bonchev–Trinajstić information content (AvgIpc) is 3.48. The lowest BCUT2D eigenvalue weighted by Gasteiger charge is -2.35. The number of piperazine rings is 1. The van der Waals surface area contributed by atoms with E-state index in [0.29, 0.717) is 37.6 Å². The molecule has 33 heavy (non-hydrogen) atoms. The highest BCUT2D eigenvalue weighted by Crippen LogP contribution is 2.23. The van der Waals surface area contributed by atoms with Crippen LogP contribution in [0.25, 0.3) is 5.82 Å². The van der Waals surface area contributed by atoms with Crippen LogP contribution in [0.3, 0.4) is 0 Å². The van der Waals surface area contributed by atoms with Crippen molar-refractivity contribution in [3.05, 3.63) is 53.7 Å². The number of carbonyl (C=O) groups is 1. The predicted octanol–water partition coefficient (Wildman–Crippen LogP) is 2.96. The van der Waals surface area contributed by atoms with E-state index in [0.717, 1.165) is 35.9 Å². The summed E-state index contributed by atoms with van der Waals surface area (Å²) in [5.41, 5.74) is 2.57. The average molecular weight is 448 g/mol. The van der Waals surface area contributed by atoms with E-state index in [-0.39, 0.29) is 12.0 Å². The van der Waals surface area contributed by atoms with Gasteiger partial charge in [0.25, 0.3) is 5.91 Å². The molecule has 1 saturated carbocycles. The molecule has 2 aliphatic rings. The van der Waals surface area contributed by atoms with E-state index in [2.05, 4.69) is 25.0 Å². The molecule has 0 unspecified atom stereocenters. The third-order valence-electron chi connectivity index (χ3n) is 6.33. The van der Waals surface area contributed by atoms with Gasteiger partial charge in [-0.25, -0.2) is 19.6 Å². The molecule has 172 valence electrons. The number of nitrogens with zero attached hydrogens (tertiary/aromatic N) is 7. The smallest absolute Gasteiger partial charge is 0.255 e. The normalized spacial score (nSPS) is 16.9. The number of ether oxygens (including phenoxy) is 1. The first-order valence-electron chi connectivity index (χ1n) is 11.6. The second-order valence-electron chi connectivity index (χ2n) is 8.76. The van der Waals surface area contributed by atoms with Gasteiger partial charge < -0.3 is 14.5 Å². The molecule has 3 aromatic rings. The van der Waals surface area contributed by atoms with E-state index in [9.17, 15) is 4.79 Å². The number of aromatic nitrogens is 5. The molecule has 1 aliphatic carbocycles. The van der Waals surface area contributed by atoms with Crippen molar-refractivity contribution in [2.45, 2.75) is 45.6 Å². The highest BCUT2D eigenvalue weighted by molar-refractivity contribution is 5.94. The maximum atomic E-state index is 13.0. The molecule has 0 spiro atoms. The first-order chi connectivity index (χ1) is 16.1. The first kappa shape index (κ1) is 21.4. The van der Waals surface area contributed by atoms with E-state index in [4.69, 9.17) is 4.74 Å². The van der Waals surface area contributed by atoms with Crippen LogP contribution in [0.2, 0.25) is 0 Å². The standard InChI is InChI=1S/C24H29N7O2/c1-17-13-18(2)31(28-17)22-14-21(26-16-27-22)29-9-11-30(12-10-29)24(32)19-7-8-23(25-15-19)33-20-5-3-4-6-20/h7-8,13-16,20H,3-6,9-12H2,1-2H3. The molecule has 1 saturated heterocycles. The van der Waals surface area contributed by atoms with Gasteiger partial charge in [0.15, 0.2) is 5.82 Å². The SMILES string of the molecule is Cc1cc(C)n(-c2cc(N3CCN(C(=O)c4ccc(OC5CCCC5)nc4)CC3)ncn2)n1. The Labute approximate surface area is 193 Å². The minimum Gasteiger partial charge on any atom is -0.474 e. The number of hydrogen-bond donors (Lipinski definition) is 0. The molecule has 9 heteroatoms. The van der Waals surface area contributed by atoms with Crippen molar-refractivity contribution < 1.29 is 9.53 Å². The summed E-state index contributed by atoms with van der Waals surface area (Å²) in [6.07, 6.45) is 8.06. The molecule has 0 bridgehead atoms. The Bertz CT molecular complexity index is 1110. The third-order valence-corrected chi connectivity index (χ3v) is 6.33. The molecule has 3 aromatic heterocycles. The lowest BCUT2D eigenvalue weighted by Crippen LogP contribution is -2.49. The van der Waals surface area contributed by atoms with Gasteiger partial charge in [0.05, 0.1) is 11.3 Å². The summed E-state index contributed by atoms with van der Waals surface area (Å²) >= 11 is 0. The van der Waals surface area contributed by atoms with Gasteiger partial charge in [0, 0.05) is 50.2 Å². The number of rotatable bonds is 5. The second-order valence-corrected chi connectivity index (χ2v) is 8.76. The van der Waals surface area contributed by atoms with Gasteiger partial charge in [-0.15, -0.1) is 0 Å². The van der Waals surface area contributed by atoms with Crippen LogP contribution in [-0.4, -0.2) is 67.8 Å². The molecule has 5 rings (SSSR count). The molecule has 9 nitrogen and oxygen atoms in total. The molecular formula is C24H29N7O2. The largest absolute Gasteiger partial charge is 0.474 e. The maximum absolute atomic E-state index is 13.0. The summed E-state index contributed by atoms with van der Waals surface area (Å²) in [7, 11) is 0. The fraction of sp³-hybridized carbons (Fsp3) is 0.458. The van der Waals surface area contributed by atoms with E-state index in [1.54, 1.807) is 12.5 Å². The van der Waals surface area contributed by atoms with Crippen LogP contribution in [0.5, 0.6) is 5.88 Å². The number of carbonyl (C=O) groups excluding carboxylic acids is 1. The number of aryl methyl sites for hydroxylation is 2. The van der Waals surface area contributed by atoms with Gasteiger partial charge in [-0.2, -0.15) is 5.10 Å². The first-order valence-corrected chi connectivity index (χ1v) is 11.6. The fourth-order valence-corrected chi connectivity index (χ4v) is 4.56. The second kappa shape index (κ2) is 9.17. The third kappa shape index (κ3) is 4.67. The van der Waals surface area contributed by atoms with Crippen molar-refractivity contribution in [3.63, 3.8) is 0 Å². The summed E-state index contributed by atoms with van der Waals surface area (Å²) in [5, 5.41) is 4.51. The summed E-state index contributed by atoms with van der Waals surface area (Å²) in [5.74, 6) is 2.19. The summed E-state index contributed by atoms with van der Waals surface area (Å²) in [6.45, 7) is 6.63. The number of pyridine rings is 1. The quantitative estimate of drug-likeness (QED) is 0.594. The molecule has 0 aromatic carbocycles. The van der Waals surface area contributed by atoms with Crippen LogP contribution in [0.4, 0.5) is 5.82 Å². The maximum Gasteiger partial charge on any atom is 0.255 e. The van der Waals surface area contributed by atoms with Gasteiger partial charge in [-0.3, -0.25) is 4.79 Å². The van der Waals surface area contributed by atoms with Gasteiger partial charge >= 0.3 is 0 Å². The molecule has 2 fully saturated rings. The van der Waals surface area contributed by atoms with Crippen LogP contribution < -0.4 is 9.64 Å². The monoisotopic (exact) mass is 447 g/mol. The lowest BCUT2D eigenvalue weighted by molar-refractivity contribution is 0.0746. The Hall–Kier alpha value is -3.49. The van der Waals surface area contributed by atoms with E-state index in [1.165, 1.54) is 12.8 Å². The van der Waals surface area contributed by atoms with Crippen molar-refractivity contribution in [1.82, 2.24) is 29.6 Å². The highest BCUT2D eigenvalue weighted by Gasteiger charge is 2.24. The molecule has 4 heterocycles. The van der Waals surface area contributed by atoms with Crippen molar-refractivity contribution in [1.29, 1.82) is 0 Å². The van der Waals surface area contributed by atoms with E-state index >= 15 is 0 Å². The van der Waals surface area contributed by atoms with Crippen LogP contribution >= 0.6 is 0 Å². The Kier molecular flexibility index (Phi) is 5.93. The highest BCUT2D eigenvalue weighted by atomic mass is 16.5. The molecule has 0 atom stereocenters. The fourth-order valence-electron chi connectivity index (χ4n) is 4.56. The van der Waals surface area contributed by atoms with Gasteiger partial charge in [-0.05, 0) is 51.7 Å². The van der Waals surface area contributed by atoms with Gasteiger partial charge in [-0.1, -0.05) is 0 Å². The van der Waals surface area contributed by atoms with Crippen LogP contribution in [-0.2, 0) is 0 Å². The van der Waals surface area contributed by atoms with Crippen LogP contribution in [0.15, 0.2) is 36.8 Å². The van der Waals surface area contributed by atoms with E-state index < -0.39 is 0 Å². The van der Waals surface area contributed by atoms with Gasteiger partial charge in [0.1, 0.15) is 18.2 Å². The molecular weight excluding hydrogens is 418 g/mol. The predicted molar refractivity (Wildman–Crippen MR) is 124 cm³/mol. The minimum absolute atomic E-state index is 0.000541.